The summed E-state index contributed by atoms with van der Waals surface area (Å²) in [7, 11) is 0. The Morgan fingerprint density at radius 1 is 0.698 bits per heavy atom. The van der Waals surface area contributed by atoms with Gasteiger partial charge in [0.1, 0.15) is 35.1 Å². The quantitative estimate of drug-likeness (QED) is 0.106. The lowest BCUT2D eigenvalue weighted by Gasteiger charge is -2.35. The van der Waals surface area contributed by atoms with E-state index in [0.717, 1.165) is 139 Å². The summed E-state index contributed by atoms with van der Waals surface area (Å²) in [6.07, 6.45) is 16.0. The molecule has 5 heterocycles. The summed E-state index contributed by atoms with van der Waals surface area (Å²) in [5.41, 5.74) is 7.79. The summed E-state index contributed by atoms with van der Waals surface area (Å²) >= 11 is 0. The second-order valence-corrected chi connectivity index (χ2v) is 17.0. The highest BCUT2D eigenvalue weighted by molar-refractivity contribution is 5.88. The number of carbonyl (C=O) groups excluding carboxylic acids is 2. The first kappa shape index (κ1) is 42.3. The number of imidazole rings is 2. The van der Waals surface area contributed by atoms with Gasteiger partial charge in [0.05, 0.1) is 35.9 Å². The van der Waals surface area contributed by atoms with Gasteiger partial charge in [-0.3, -0.25) is 19.4 Å². The van der Waals surface area contributed by atoms with E-state index in [2.05, 4.69) is 125 Å². The number of hydrogen-bond acceptors (Lipinski definition) is 7. The van der Waals surface area contributed by atoms with Gasteiger partial charge in [0.25, 0.3) is 0 Å². The van der Waals surface area contributed by atoms with E-state index < -0.39 is 0 Å². The molecule has 11 heteroatoms. The van der Waals surface area contributed by atoms with Crippen LogP contribution in [0.4, 0.5) is 0 Å². The normalized spacial score (nSPS) is 18.8. The fraction of sp³-hybridized carbons (Fsp3) is 0.385. The maximum Gasteiger partial charge on any atom is 0.245 e. The first-order valence-electron chi connectivity index (χ1n) is 23.1. The minimum absolute atomic E-state index is 0.0811. The van der Waals surface area contributed by atoms with Crippen LogP contribution in [-0.2, 0) is 9.59 Å². The van der Waals surface area contributed by atoms with Crippen molar-refractivity contribution in [2.75, 3.05) is 39.3 Å². The SMILES string of the molecule is CCN(CC)[C@@H](C(=O)N1CCC[C@H]1c1ncc(-c2ccc(-c3cc4cc(-c5cnc([C@@H]6CCCN6C(=O)[C@@H](c6ccccc6)N(CC)CC)[nH]5)ccc4o3)cc2)[nH]1)C1=CCCC=C1. The van der Waals surface area contributed by atoms with Crippen LogP contribution in [-0.4, -0.2) is 96.7 Å². The Bertz CT molecular complexity index is 2580. The number of nitrogens with zero attached hydrogens (tertiary/aromatic N) is 6. The highest BCUT2D eigenvalue weighted by atomic mass is 16.3. The average molecular weight is 845 g/mol. The molecule has 6 aromatic rings. The van der Waals surface area contributed by atoms with E-state index in [1.807, 2.05) is 41.6 Å². The van der Waals surface area contributed by atoms with Crippen LogP contribution in [0.25, 0.3) is 44.8 Å². The van der Waals surface area contributed by atoms with Crippen LogP contribution in [0.5, 0.6) is 0 Å². The molecule has 0 radical (unpaired) electrons. The number of benzene rings is 3. The zero-order chi connectivity index (χ0) is 43.5. The maximum atomic E-state index is 14.3. The molecule has 3 aromatic heterocycles. The number of amides is 2. The largest absolute Gasteiger partial charge is 0.456 e. The van der Waals surface area contributed by atoms with Crippen LogP contribution in [0.3, 0.4) is 0 Å². The first-order valence-corrected chi connectivity index (χ1v) is 23.1. The Morgan fingerprint density at radius 3 is 1.87 bits per heavy atom. The third-order valence-corrected chi connectivity index (χ3v) is 13.5. The number of H-pyrrole nitrogens is 2. The molecule has 3 aliphatic rings. The molecule has 63 heavy (non-hydrogen) atoms. The molecule has 326 valence electrons. The Balaban J connectivity index is 0.888. The molecule has 0 bridgehead atoms. The van der Waals surface area contributed by atoms with Crippen LogP contribution in [0.1, 0.15) is 102 Å². The van der Waals surface area contributed by atoms with Crippen LogP contribution in [0, 0.1) is 0 Å². The molecule has 9 rings (SSSR count). The summed E-state index contributed by atoms with van der Waals surface area (Å²) in [4.78, 5) is 54.1. The van der Waals surface area contributed by atoms with E-state index in [0.29, 0.717) is 6.54 Å². The number of aromatic nitrogens is 4. The topological polar surface area (TPSA) is 118 Å². The van der Waals surface area contributed by atoms with Gasteiger partial charge in [-0.05, 0) is 106 Å². The minimum Gasteiger partial charge on any atom is -0.456 e. The second-order valence-electron chi connectivity index (χ2n) is 17.0. The van der Waals surface area contributed by atoms with Crippen molar-refractivity contribution in [3.05, 3.63) is 132 Å². The fourth-order valence-electron chi connectivity index (χ4n) is 10.1. The van der Waals surface area contributed by atoms with E-state index >= 15 is 0 Å². The van der Waals surface area contributed by atoms with Gasteiger partial charge in [-0.15, -0.1) is 0 Å². The van der Waals surface area contributed by atoms with Crippen LogP contribution in [0.2, 0.25) is 0 Å². The van der Waals surface area contributed by atoms with Gasteiger partial charge >= 0.3 is 0 Å². The highest BCUT2D eigenvalue weighted by Crippen LogP contribution is 2.38. The first-order chi connectivity index (χ1) is 30.9. The summed E-state index contributed by atoms with van der Waals surface area (Å²) < 4.78 is 6.37. The number of nitrogens with one attached hydrogen (secondary N) is 2. The minimum atomic E-state index is -0.326. The average Bonchev–Trinajstić information content (AvgIpc) is 4.19. The molecular weight excluding hydrogens is 785 g/mol. The summed E-state index contributed by atoms with van der Waals surface area (Å²) in [5.74, 6) is 2.75. The Labute approximate surface area is 370 Å². The summed E-state index contributed by atoms with van der Waals surface area (Å²) in [5, 5.41) is 0.998. The third-order valence-electron chi connectivity index (χ3n) is 13.5. The number of hydrogen-bond donors (Lipinski definition) is 2. The van der Waals surface area contributed by atoms with Crippen molar-refractivity contribution >= 4 is 22.8 Å². The molecule has 0 unspecified atom stereocenters. The molecule has 1 aliphatic carbocycles. The molecule has 2 aliphatic heterocycles. The van der Waals surface area contributed by atoms with Crippen molar-refractivity contribution < 1.29 is 14.0 Å². The molecule has 3 aromatic carbocycles. The zero-order valence-corrected chi connectivity index (χ0v) is 37.1. The van der Waals surface area contributed by atoms with E-state index in [9.17, 15) is 9.59 Å². The van der Waals surface area contributed by atoms with Crippen LogP contribution in [0.15, 0.2) is 119 Å². The Morgan fingerprint density at radius 2 is 1.27 bits per heavy atom. The standard InChI is InChI=1S/C52H60N8O3/c1-5-57(6-2)47(37-17-11-9-12-18-37)51(61)59-29-15-21-43(59)49-53-33-41(55-49)35-23-25-36(26-24-35)46-32-40-31-39(27-28-45(40)63-46)42-34-54-50(56-42)44-22-16-30-60(44)52(62)48(58(7-3)8-4)38-19-13-10-14-20-38/h10-11,13-14,17-20,23-28,31-34,43-44,47-48H,5-9,12,15-16,21-22,29-30H2,1-4H3,(H,53,55)(H,54,56)/t43-,44-,47+,48+/m0/s1. The Hall–Kier alpha value is -6.04. The number of aromatic amines is 2. The maximum absolute atomic E-state index is 14.3. The molecule has 2 amide bonds. The van der Waals surface area contributed by atoms with E-state index in [-0.39, 0.29) is 36.0 Å². The van der Waals surface area contributed by atoms with Crippen molar-refractivity contribution in [3.8, 4) is 33.8 Å². The molecule has 4 atom stereocenters. The summed E-state index contributed by atoms with van der Waals surface area (Å²) in [6.45, 7) is 13.2. The second kappa shape index (κ2) is 18.7. The molecule has 11 nitrogen and oxygen atoms in total. The fourth-order valence-corrected chi connectivity index (χ4v) is 10.1. The van der Waals surface area contributed by atoms with Gasteiger partial charge in [-0.25, -0.2) is 9.97 Å². The third kappa shape index (κ3) is 8.44. The number of carbonyl (C=O) groups is 2. The predicted molar refractivity (Wildman–Crippen MR) is 249 cm³/mol. The van der Waals surface area contributed by atoms with Crippen molar-refractivity contribution in [2.45, 2.75) is 90.4 Å². The number of furan rings is 1. The van der Waals surface area contributed by atoms with Gasteiger partial charge < -0.3 is 24.2 Å². The molecular formula is C52H60N8O3. The number of allylic oxidation sites excluding steroid dienone is 2. The number of likely N-dealkylation sites (tertiary alicyclic amines) is 2. The lowest BCUT2D eigenvalue weighted by molar-refractivity contribution is -0.138. The zero-order valence-electron chi connectivity index (χ0n) is 37.1. The monoisotopic (exact) mass is 844 g/mol. The lowest BCUT2D eigenvalue weighted by atomic mass is 9.97. The van der Waals surface area contributed by atoms with Gasteiger partial charge in [0, 0.05) is 29.6 Å². The molecule has 2 N–H and O–H groups in total. The predicted octanol–water partition coefficient (Wildman–Crippen LogP) is 10.3. The smallest absolute Gasteiger partial charge is 0.245 e. The van der Waals surface area contributed by atoms with Crippen LogP contribution < -0.4 is 0 Å². The van der Waals surface area contributed by atoms with Gasteiger partial charge in [-0.1, -0.05) is 101 Å². The Kier molecular flexibility index (Phi) is 12.6. The van der Waals surface area contributed by atoms with Gasteiger partial charge in [-0.2, -0.15) is 0 Å². The van der Waals surface area contributed by atoms with Crippen molar-refractivity contribution in [1.82, 2.24) is 39.5 Å². The molecule has 0 spiro atoms. The van der Waals surface area contributed by atoms with Gasteiger partial charge in [0.2, 0.25) is 11.8 Å². The number of likely N-dealkylation sites (N-methyl/N-ethyl adjacent to an activating group) is 2. The van der Waals surface area contributed by atoms with Gasteiger partial charge in [0.15, 0.2) is 0 Å². The molecule has 2 fully saturated rings. The number of fused-ring (bicyclic) bond motifs is 1. The van der Waals surface area contributed by atoms with Crippen molar-refractivity contribution in [2.24, 2.45) is 0 Å². The molecule has 0 saturated carbocycles. The van der Waals surface area contributed by atoms with Crippen molar-refractivity contribution in [1.29, 1.82) is 0 Å². The van der Waals surface area contributed by atoms with E-state index in [1.165, 1.54) is 0 Å². The highest BCUT2D eigenvalue weighted by Gasteiger charge is 2.40. The van der Waals surface area contributed by atoms with E-state index in [1.54, 1.807) is 0 Å². The van der Waals surface area contributed by atoms with Crippen molar-refractivity contribution in [3.63, 3.8) is 0 Å². The number of rotatable bonds is 15. The molecule has 2 saturated heterocycles. The van der Waals surface area contributed by atoms with E-state index in [4.69, 9.17) is 14.4 Å². The lowest BCUT2D eigenvalue weighted by Crippen LogP contribution is -2.49. The van der Waals surface area contributed by atoms with Crippen LogP contribution >= 0.6 is 0 Å². The summed E-state index contributed by atoms with van der Waals surface area (Å²) in [6, 6.07) is 26.0.